The number of anilines is 1. The third-order valence-corrected chi connectivity index (χ3v) is 4.14. The Morgan fingerprint density at radius 1 is 1.19 bits per heavy atom. The third kappa shape index (κ3) is 3.27. The molecule has 0 bridgehead atoms. The SMILES string of the molecule is CC1=C(C(=O)OC(C)(C)C)C(c2ccccc2F)c2c(cc[nH]c2=O)N1. The number of carbonyl (C=O) groups excluding carboxylic acids is 1. The van der Waals surface area contributed by atoms with E-state index < -0.39 is 23.3 Å². The van der Waals surface area contributed by atoms with Crippen molar-refractivity contribution in [2.45, 2.75) is 39.2 Å². The van der Waals surface area contributed by atoms with Crippen molar-refractivity contribution in [3.05, 3.63) is 75.1 Å². The second-order valence-corrected chi connectivity index (χ2v) is 7.25. The number of allylic oxidation sites excluding steroid dienone is 1. The number of rotatable bonds is 2. The predicted molar refractivity (Wildman–Crippen MR) is 97.5 cm³/mol. The Bertz CT molecular complexity index is 954. The van der Waals surface area contributed by atoms with Gasteiger partial charge in [-0.25, -0.2) is 9.18 Å². The molecule has 1 aliphatic heterocycles. The Morgan fingerprint density at radius 2 is 1.88 bits per heavy atom. The van der Waals surface area contributed by atoms with Crippen molar-refractivity contribution < 1.29 is 13.9 Å². The van der Waals surface area contributed by atoms with Gasteiger partial charge in [0.05, 0.1) is 17.1 Å². The van der Waals surface area contributed by atoms with Crippen molar-refractivity contribution in [2.75, 3.05) is 5.32 Å². The summed E-state index contributed by atoms with van der Waals surface area (Å²) in [5.41, 5.74) is 0.771. The van der Waals surface area contributed by atoms with Gasteiger partial charge in [-0.2, -0.15) is 0 Å². The second-order valence-electron chi connectivity index (χ2n) is 7.25. The first kappa shape index (κ1) is 17.9. The van der Waals surface area contributed by atoms with Crippen LogP contribution in [0.3, 0.4) is 0 Å². The first-order valence-electron chi connectivity index (χ1n) is 8.36. The molecule has 5 nitrogen and oxygen atoms in total. The third-order valence-electron chi connectivity index (χ3n) is 4.14. The Kier molecular flexibility index (Phi) is 4.44. The van der Waals surface area contributed by atoms with E-state index in [1.54, 1.807) is 52.0 Å². The number of esters is 1. The van der Waals surface area contributed by atoms with Gasteiger partial charge in [-0.1, -0.05) is 18.2 Å². The van der Waals surface area contributed by atoms with E-state index in [0.29, 0.717) is 16.9 Å². The van der Waals surface area contributed by atoms with Gasteiger partial charge < -0.3 is 15.0 Å². The molecular weight excluding hydrogens is 335 g/mol. The van der Waals surface area contributed by atoms with Crippen molar-refractivity contribution in [1.29, 1.82) is 0 Å². The first-order chi connectivity index (χ1) is 12.2. The molecule has 136 valence electrons. The van der Waals surface area contributed by atoms with E-state index in [0.717, 1.165) is 0 Å². The summed E-state index contributed by atoms with van der Waals surface area (Å²) >= 11 is 0. The number of ether oxygens (including phenoxy) is 1. The Labute approximate surface area is 150 Å². The zero-order valence-electron chi connectivity index (χ0n) is 15.1. The van der Waals surface area contributed by atoms with E-state index in [4.69, 9.17) is 4.74 Å². The maximum absolute atomic E-state index is 14.6. The highest BCUT2D eigenvalue weighted by molar-refractivity contribution is 5.94. The molecule has 0 saturated heterocycles. The molecule has 26 heavy (non-hydrogen) atoms. The molecule has 2 N–H and O–H groups in total. The number of hydrogen-bond acceptors (Lipinski definition) is 4. The number of nitrogens with one attached hydrogen (secondary N) is 2. The van der Waals surface area contributed by atoms with Crippen molar-refractivity contribution in [1.82, 2.24) is 4.98 Å². The van der Waals surface area contributed by atoms with Crippen LogP contribution >= 0.6 is 0 Å². The molecule has 2 aromatic rings. The summed E-state index contributed by atoms with van der Waals surface area (Å²) in [7, 11) is 0. The van der Waals surface area contributed by atoms with Crippen molar-refractivity contribution >= 4 is 11.7 Å². The smallest absolute Gasteiger partial charge is 0.337 e. The van der Waals surface area contributed by atoms with Crippen LogP contribution in [0.1, 0.15) is 44.7 Å². The number of aromatic nitrogens is 1. The fourth-order valence-corrected chi connectivity index (χ4v) is 3.14. The van der Waals surface area contributed by atoms with E-state index >= 15 is 0 Å². The highest BCUT2D eigenvalue weighted by Gasteiger charge is 2.37. The topological polar surface area (TPSA) is 71.2 Å². The molecule has 0 fully saturated rings. The van der Waals surface area contributed by atoms with Gasteiger partial charge in [0.1, 0.15) is 11.4 Å². The van der Waals surface area contributed by atoms with Crippen LogP contribution in [0, 0.1) is 5.82 Å². The van der Waals surface area contributed by atoms with E-state index in [1.165, 1.54) is 12.3 Å². The van der Waals surface area contributed by atoms with Crippen LogP contribution in [-0.2, 0) is 9.53 Å². The molecule has 1 aliphatic rings. The van der Waals surface area contributed by atoms with Gasteiger partial charge in [0.25, 0.3) is 5.56 Å². The summed E-state index contributed by atoms with van der Waals surface area (Å²) in [6.07, 6.45) is 1.51. The van der Waals surface area contributed by atoms with E-state index in [9.17, 15) is 14.0 Å². The van der Waals surface area contributed by atoms with Gasteiger partial charge in [0, 0.05) is 23.1 Å². The summed E-state index contributed by atoms with van der Waals surface area (Å²) in [6.45, 7) is 7.00. The van der Waals surface area contributed by atoms with E-state index in [2.05, 4.69) is 10.3 Å². The lowest BCUT2D eigenvalue weighted by Crippen LogP contribution is -2.33. The van der Waals surface area contributed by atoms with Crippen molar-refractivity contribution in [3.8, 4) is 0 Å². The summed E-state index contributed by atoms with van der Waals surface area (Å²) in [5, 5.41) is 3.07. The molecule has 1 aromatic carbocycles. The highest BCUT2D eigenvalue weighted by atomic mass is 19.1. The Hall–Kier alpha value is -2.89. The van der Waals surface area contributed by atoms with Crippen molar-refractivity contribution in [3.63, 3.8) is 0 Å². The van der Waals surface area contributed by atoms with Gasteiger partial charge in [-0.05, 0) is 39.8 Å². The molecule has 1 unspecified atom stereocenters. The van der Waals surface area contributed by atoms with E-state index in [-0.39, 0.29) is 16.7 Å². The van der Waals surface area contributed by atoms with E-state index in [1.807, 2.05) is 0 Å². The molecule has 0 radical (unpaired) electrons. The summed E-state index contributed by atoms with van der Waals surface area (Å²) in [5.74, 6) is -1.92. The molecule has 1 atom stereocenters. The maximum atomic E-state index is 14.6. The van der Waals surface area contributed by atoms with Crippen LogP contribution in [0.2, 0.25) is 0 Å². The zero-order chi connectivity index (χ0) is 19.1. The molecule has 6 heteroatoms. The van der Waals surface area contributed by atoms with Crippen LogP contribution < -0.4 is 10.9 Å². The predicted octanol–water partition coefficient (Wildman–Crippen LogP) is 3.69. The number of carbonyl (C=O) groups is 1. The normalized spacial score (nSPS) is 16.7. The average Bonchev–Trinajstić information content (AvgIpc) is 2.52. The molecule has 2 heterocycles. The molecular formula is C20H21FN2O3. The largest absolute Gasteiger partial charge is 0.457 e. The van der Waals surface area contributed by atoms with Gasteiger partial charge in [0.15, 0.2) is 0 Å². The maximum Gasteiger partial charge on any atom is 0.337 e. The lowest BCUT2D eigenvalue weighted by Gasteiger charge is -2.31. The number of fused-ring (bicyclic) bond motifs is 1. The minimum absolute atomic E-state index is 0.231. The molecule has 0 aliphatic carbocycles. The number of pyridine rings is 1. The minimum Gasteiger partial charge on any atom is -0.457 e. The fraction of sp³-hybridized carbons (Fsp3) is 0.300. The minimum atomic E-state index is -0.854. The van der Waals surface area contributed by atoms with Crippen LogP contribution in [0.25, 0.3) is 0 Å². The highest BCUT2D eigenvalue weighted by Crippen LogP contribution is 2.41. The summed E-state index contributed by atoms with van der Waals surface area (Å²) in [4.78, 5) is 28.0. The van der Waals surface area contributed by atoms with Crippen LogP contribution in [0.5, 0.6) is 0 Å². The average molecular weight is 356 g/mol. The number of aromatic amines is 1. The number of halogens is 1. The molecule has 0 saturated carbocycles. The number of hydrogen-bond donors (Lipinski definition) is 2. The van der Waals surface area contributed by atoms with Gasteiger partial charge in [-0.15, -0.1) is 0 Å². The fourth-order valence-electron chi connectivity index (χ4n) is 3.14. The number of benzene rings is 1. The quantitative estimate of drug-likeness (QED) is 0.805. The standard InChI is InChI=1S/C20H21FN2O3/c1-11-15(19(25)26-20(2,3)4)16(12-7-5-6-8-13(12)21)17-14(23-11)9-10-22-18(17)24/h5-10,16,23H,1-4H3,(H,22,24). The van der Waals surface area contributed by atoms with Crippen LogP contribution in [0.4, 0.5) is 10.1 Å². The Balaban J connectivity index is 2.25. The monoisotopic (exact) mass is 356 g/mol. The molecule has 0 amide bonds. The second kappa shape index (κ2) is 6.44. The molecule has 3 rings (SSSR count). The molecule has 1 aromatic heterocycles. The lowest BCUT2D eigenvalue weighted by atomic mass is 9.81. The van der Waals surface area contributed by atoms with Gasteiger partial charge >= 0.3 is 5.97 Å². The van der Waals surface area contributed by atoms with Gasteiger partial charge in [-0.3, -0.25) is 4.79 Å². The Morgan fingerprint density at radius 3 is 2.54 bits per heavy atom. The first-order valence-corrected chi connectivity index (χ1v) is 8.36. The summed E-state index contributed by atoms with van der Waals surface area (Å²) in [6, 6.07) is 7.84. The molecule has 0 spiro atoms. The summed E-state index contributed by atoms with van der Waals surface area (Å²) < 4.78 is 20.1. The van der Waals surface area contributed by atoms with Crippen LogP contribution in [0.15, 0.2) is 52.6 Å². The van der Waals surface area contributed by atoms with Crippen LogP contribution in [-0.4, -0.2) is 16.6 Å². The number of H-pyrrole nitrogens is 1. The lowest BCUT2D eigenvalue weighted by molar-refractivity contribution is -0.150. The van der Waals surface area contributed by atoms with Gasteiger partial charge in [0.2, 0.25) is 0 Å². The van der Waals surface area contributed by atoms with Crippen molar-refractivity contribution in [2.24, 2.45) is 0 Å². The zero-order valence-corrected chi connectivity index (χ0v) is 15.1.